The third-order valence-electron chi connectivity index (χ3n) is 12.2. The molecule has 62 heavy (non-hydrogen) atoms. The summed E-state index contributed by atoms with van der Waals surface area (Å²) in [5.41, 5.74) is 15.9. The number of nitrogens with one attached hydrogen (secondary N) is 2. The number of allylic oxidation sites excluding steroid dienone is 5. The van der Waals surface area contributed by atoms with Gasteiger partial charge in [0, 0.05) is 118 Å². The largest absolute Gasteiger partial charge is 0.372 e. The highest BCUT2D eigenvalue weighted by molar-refractivity contribution is 7.98. The second-order valence-corrected chi connectivity index (χ2v) is 17.4. The highest BCUT2D eigenvalue weighted by Gasteiger charge is 2.26. The summed E-state index contributed by atoms with van der Waals surface area (Å²) in [4.78, 5) is 18.9. The fourth-order valence-electron chi connectivity index (χ4n) is 7.86. The molecule has 3 aliphatic rings. The molecule has 0 spiro atoms. The molecule has 0 radical (unpaired) electrons. The molecule has 3 aromatic rings. The lowest BCUT2D eigenvalue weighted by Crippen LogP contribution is -2.48. The van der Waals surface area contributed by atoms with Crippen LogP contribution in [0.1, 0.15) is 62.1 Å². The van der Waals surface area contributed by atoms with E-state index in [2.05, 4.69) is 99.4 Å². The zero-order valence-electron chi connectivity index (χ0n) is 36.8. The predicted octanol–water partition coefficient (Wildman–Crippen LogP) is 8.44. The van der Waals surface area contributed by atoms with E-state index in [1.165, 1.54) is 41.7 Å². The van der Waals surface area contributed by atoms with Crippen LogP contribution in [0.15, 0.2) is 115 Å². The molecule has 0 amide bonds. The van der Waals surface area contributed by atoms with Crippen molar-refractivity contribution in [1.29, 1.82) is 0 Å². The lowest BCUT2D eigenvalue weighted by atomic mass is 9.89. The first-order valence-corrected chi connectivity index (χ1v) is 22.3. The fourth-order valence-corrected chi connectivity index (χ4v) is 8.40. The lowest BCUT2D eigenvalue weighted by molar-refractivity contribution is 0.201. The monoisotopic (exact) mass is 863 g/mol. The zero-order valence-corrected chi connectivity index (χ0v) is 37.7. The number of aromatic nitrogens is 2. The molecule has 2 fully saturated rings. The van der Waals surface area contributed by atoms with Crippen LogP contribution in [-0.2, 0) is 0 Å². The Labute approximate surface area is 371 Å². The lowest BCUT2D eigenvalue weighted by Gasteiger charge is -2.39. The van der Waals surface area contributed by atoms with Crippen molar-refractivity contribution in [2.45, 2.75) is 51.5 Å². The summed E-state index contributed by atoms with van der Waals surface area (Å²) < 4.78 is 35.6. The topological polar surface area (TPSA) is 104 Å². The van der Waals surface area contributed by atoms with E-state index in [0.29, 0.717) is 41.2 Å². The van der Waals surface area contributed by atoms with Crippen LogP contribution in [0.3, 0.4) is 0 Å². The maximum Gasteiger partial charge on any atom is 0.225 e. The van der Waals surface area contributed by atoms with Crippen molar-refractivity contribution in [2.75, 3.05) is 87.5 Å². The summed E-state index contributed by atoms with van der Waals surface area (Å²) in [7, 11) is 4.04. The highest BCUT2D eigenvalue weighted by Crippen LogP contribution is 2.36. The second kappa shape index (κ2) is 21.7. The van der Waals surface area contributed by atoms with Crippen LogP contribution in [-0.4, -0.2) is 109 Å². The average Bonchev–Trinajstić information content (AvgIpc) is 3.29. The van der Waals surface area contributed by atoms with Crippen molar-refractivity contribution in [1.82, 2.24) is 29.5 Å². The number of hydrazone groups is 1. The van der Waals surface area contributed by atoms with E-state index < -0.39 is 11.6 Å². The molecule has 1 atom stereocenters. The summed E-state index contributed by atoms with van der Waals surface area (Å²) in [5.74, 6) is -0.240. The minimum Gasteiger partial charge on any atom is -0.372 e. The van der Waals surface area contributed by atoms with E-state index in [1.54, 1.807) is 24.7 Å². The number of nitrogens with zero attached hydrogens (tertiary/aromatic N) is 8. The Morgan fingerprint density at radius 1 is 1.00 bits per heavy atom. The zero-order chi connectivity index (χ0) is 44.3. The molecule has 4 N–H and O–H groups in total. The van der Waals surface area contributed by atoms with Crippen LogP contribution >= 0.6 is 12.1 Å². The molecule has 2 saturated heterocycles. The summed E-state index contributed by atoms with van der Waals surface area (Å²) in [5, 5.41) is 4.29. The first-order valence-electron chi connectivity index (χ1n) is 21.5. The third kappa shape index (κ3) is 11.6. The Morgan fingerprint density at radius 3 is 2.35 bits per heavy atom. The SMILES string of the molecule is C=C(CN)CCC(C)N(C)c1ccc(C2CCN(CC(=C)N3CCN(c4ncc(C5=C/C(=C)/C(C(=C)c6c(F)ccc(NSN(C)CC)c6F)=C\N/N=C\5)cn4)CC3)CC2)cc1. The highest BCUT2D eigenvalue weighted by atomic mass is 32.2. The number of hydrogen-bond acceptors (Lipinski definition) is 12. The number of piperidine rings is 1. The fraction of sp³-hybridized carbons (Fsp3) is 0.396. The Bertz CT molecular complexity index is 2150. The van der Waals surface area contributed by atoms with Gasteiger partial charge in [0.05, 0.1) is 17.5 Å². The number of halogens is 2. The summed E-state index contributed by atoms with van der Waals surface area (Å²) in [6, 6.07) is 12.2. The maximum absolute atomic E-state index is 15.7. The molecule has 2 aromatic carbocycles. The van der Waals surface area contributed by atoms with Crippen LogP contribution in [0.4, 0.5) is 26.1 Å². The maximum atomic E-state index is 15.7. The van der Waals surface area contributed by atoms with Crippen LogP contribution < -0.4 is 25.7 Å². The van der Waals surface area contributed by atoms with Gasteiger partial charge < -0.3 is 25.2 Å². The molecule has 11 nitrogen and oxygen atoms in total. The van der Waals surface area contributed by atoms with Gasteiger partial charge in [-0.05, 0) is 106 Å². The van der Waals surface area contributed by atoms with Gasteiger partial charge in [0.15, 0.2) is 5.82 Å². The van der Waals surface area contributed by atoms with Gasteiger partial charge in [0.25, 0.3) is 0 Å². The Balaban J connectivity index is 0.973. The van der Waals surface area contributed by atoms with Crippen molar-refractivity contribution < 1.29 is 8.78 Å². The summed E-state index contributed by atoms with van der Waals surface area (Å²) in [6.07, 6.45) is 12.8. The van der Waals surface area contributed by atoms with Gasteiger partial charge in [0.1, 0.15) is 5.82 Å². The number of anilines is 3. The average molecular weight is 864 g/mol. The standard InChI is InChI=1S/C48H63F2N11S/c1-9-57(7)62-56-45-17-16-44(49)46(47(45)50)37(6)43-31-55-54-30-40(26-34(43)3)41-28-52-48(53-29-41)61-24-22-60(23-25-61)36(5)32-59-20-18-39(19-21-59)38-12-14-42(15-13-38)58(8)35(4)11-10-33(2)27-51/h12-17,26,28-31,35,39,55-56H,2-3,5-6,9-11,18-25,27,32,51H2,1,4,7-8H3/b40-26+,43-31+,54-30-. The number of nitrogens with two attached hydrogens (primary N) is 1. The van der Waals surface area contributed by atoms with E-state index in [1.807, 2.05) is 18.3 Å². The van der Waals surface area contributed by atoms with Crippen LogP contribution in [0, 0.1) is 11.6 Å². The molecule has 330 valence electrons. The smallest absolute Gasteiger partial charge is 0.225 e. The molecule has 1 aromatic heterocycles. The van der Waals surface area contributed by atoms with E-state index in [0.717, 1.165) is 94.9 Å². The Morgan fingerprint density at radius 2 is 1.69 bits per heavy atom. The summed E-state index contributed by atoms with van der Waals surface area (Å²) in [6.45, 7) is 28.6. The molecule has 3 aliphatic heterocycles. The quantitative estimate of drug-likeness (QED) is 0.0849. The van der Waals surface area contributed by atoms with Crippen LogP contribution in [0.2, 0.25) is 0 Å². The van der Waals surface area contributed by atoms with E-state index >= 15 is 8.78 Å². The second-order valence-electron chi connectivity index (χ2n) is 16.4. The van der Waals surface area contributed by atoms with E-state index in [4.69, 9.17) is 15.7 Å². The molecule has 6 rings (SSSR count). The number of rotatable bonds is 18. The van der Waals surface area contributed by atoms with E-state index in [-0.39, 0.29) is 16.8 Å². The first-order chi connectivity index (χ1) is 29.9. The van der Waals surface area contributed by atoms with E-state index in [9.17, 15) is 0 Å². The van der Waals surface area contributed by atoms with Gasteiger partial charge in [-0.15, -0.1) is 0 Å². The molecule has 14 heteroatoms. The van der Waals surface area contributed by atoms with Gasteiger partial charge in [-0.25, -0.2) is 23.1 Å². The van der Waals surface area contributed by atoms with Gasteiger partial charge in [-0.3, -0.25) is 10.3 Å². The first kappa shape index (κ1) is 46.2. The van der Waals surface area contributed by atoms with Gasteiger partial charge in [0.2, 0.25) is 5.95 Å². The minimum atomic E-state index is -0.741. The van der Waals surface area contributed by atoms with Crippen LogP contribution in [0.25, 0.3) is 11.1 Å². The van der Waals surface area contributed by atoms with Gasteiger partial charge >= 0.3 is 0 Å². The molecular weight excluding hydrogens is 801 g/mol. The number of hydrogen-bond donors (Lipinski definition) is 3. The van der Waals surface area contributed by atoms with Crippen LogP contribution in [0.5, 0.6) is 0 Å². The van der Waals surface area contributed by atoms with Gasteiger partial charge in [-0.2, -0.15) is 5.10 Å². The van der Waals surface area contributed by atoms with Gasteiger partial charge in [-0.1, -0.05) is 50.9 Å². The van der Waals surface area contributed by atoms with Crippen molar-refractivity contribution in [3.63, 3.8) is 0 Å². The predicted molar refractivity (Wildman–Crippen MR) is 257 cm³/mol. The molecular formula is C48H63F2N11S. The van der Waals surface area contributed by atoms with Crippen molar-refractivity contribution >= 4 is 46.8 Å². The van der Waals surface area contributed by atoms with Crippen molar-refractivity contribution in [3.05, 3.63) is 138 Å². The molecule has 0 bridgehead atoms. The third-order valence-corrected chi connectivity index (χ3v) is 13.1. The Kier molecular flexibility index (Phi) is 16.2. The molecule has 4 heterocycles. The number of benzene rings is 2. The number of piperazine rings is 1. The van der Waals surface area contributed by atoms with Crippen molar-refractivity contribution in [2.24, 2.45) is 10.8 Å². The molecule has 1 unspecified atom stereocenters. The summed E-state index contributed by atoms with van der Waals surface area (Å²) >= 11 is 1.22. The number of likely N-dealkylation sites (tertiary alicyclic amines) is 1. The normalized spacial score (nSPS) is 19.1. The molecule has 0 aliphatic carbocycles. The minimum absolute atomic E-state index is 0.134. The molecule has 0 saturated carbocycles. The van der Waals surface area contributed by atoms with Crippen molar-refractivity contribution in [3.8, 4) is 0 Å². The Hall–Kier alpha value is -5.28.